The van der Waals surface area contributed by atoms with E-state index in [9.17, 15) is 29.0 Å². The molecule has 4 heterocycles. The normalized spacial score (nSPS) is 15.5. The molecule has 0 bridgehead atoms. The zero-order valence-electron chi connectivity index (χ0n) is 28.3. The predicted molar refractivity (Wildman–Crippen MR) is 191 cm³/mol. The second kappa shape index (κ2) is 15.7. The minimum Gasteiger partial charge on any atom is -0.485 e. The zero-order valence-corrected chi connectivity index (χ0v) is 28.3. The van der Waals surface area contributed by atoms with E-state index in [1.54, 1.807) is 36.4 Å². The monoisotopic (exact) mass is 732 g/mol. The van der Waals surface area contributed by atoms with Gasteiger partial charge in [-0.15, -0.1) is 0 Å². The van der Waals surface area contributed by atoms with Crippen LogP contribution in [0.1, 0.15) is 47.3 Å². The van der Waals surface area contributed by atoms with Gasteiger partial charge in [0.1, 0.15) is 59.2 Å². The Morgan fingerprint density at radius 1 is 0.574 bits per heavy atom. The van der Waals surface area contributed by atoms with Crippen LogP contribution in [0.15, 0.2) is 122 Å². The highest BCUT2D eigenvalue weighted by Gasteiger charge is 2.23. The van der Waals surface area contributed by atoms with Gasteiger partial charge in [-0.3, -0.25) is 20.2 Å². The summed E-state index contributed by atoms with van der Waals surface area (Å²) in [6.45, 7) is 0. The van der Waals surface area contributed by atoms with Gasteiger partial charge in [-0.05, 0) is 109 Å². The fourth-order valence-electron chi connectivity index (χ4n) is 6.00. The van der Waals surface area contributed by atoms with Crippen LogP contribution in [0.25, 0.3) is 0 Å². The molecule has 8 rings (SSSR count). The predicted octanol–water partition coefficient (Wildman–Crippen LogP) is 9.97. The van der Waals surface area contributed by atoms with Crippen molar-refractivity contribution in [3.05, 3.63) is 176 Å². The van der Waals surface area contributed by atoms with Gasteiger partial charge in [0.15, 0.2) is 0 Å². The number of halogens is 2. The molecule has 4 aromatic carbocycles. The molecule has 12 nitrogen and oxygen atoms in total. The van der Waals surface area contributed by atoms with Gasteiger partial charge >= 0.3 is 0 Å². The molecule has 0 saturated carbocycles. The Kier molecular flexibility index (Phi) is 10.3. The molecule has 6 aromatic rings. The highest BCUT2D eigenvalue weighted by atomic mass is 19.1. The summed E-state index contributed by atoms with van der Waals surface area (Å²) in [6.07, 6.45) is 5.23. The highest BCUT2D eigenvalue weighted by molar-refractivity contribution is 5.45. The molecule has 0 aliphatic carbocycles. The van der Waals surface area contributed by atoms with Crippen molar-refractivity contribution in [2.24, 2.45) is 0 Å². The molecule has 0 saturated heterocycles. The summed E-state index contributed by atoms with van der Waals surface area (Å²) < 4.78 is 49.6. The maximum atomic E-state index is 13.1. The lowest BCUT2D eigenvalue weighted by Gasteiger charge is -2.26. The van der Waals surface area contributed by atoms with Crippen molar-refractivity contribution in [2.75, 3.05) is 0 Å². The zero-order chi connectivity index (χ0) is 37.6. The standard InChI is InChI=1S/2C20H15FN2O4/c2*21-15-4-1-13(2-5-15)18-8-3-14-11-17(7-9-19(14)27-18)26-20-10-6-16(12-22-20)23(24)25/h2*1-2,4-7,9-12,18H,3,8H2. The van der Waals surface area contributed by atoms with E-state index in [1.165, 1.54) is 48.5 Å². The summed E-state index contributed by atoms with van der Waals surface area (Å²) in [5.74, 6) is 2.72. The van der Waals surface area contributed by atoms with Crippen LogP contribution in [-0.2, 0) is 12.8 Å². The van der Waals surface area contributed by atoms with E-state index in [0.717, 1.165) is 71.8 Å². The number of nitro groups is 2. The Bertz CT molecular complexity index is 2110. The molecule has 2 atom stereocenters. The number of pyridine rings is 2. The molecule has 272 valence electrons. The van der Waals surface area contributed by atoms with Gasteiger partial charge in [0.2, 0.25) is 11.8 Å². The first-order valence-electron chi connectivity index (χ1n) is 16.8. The number of aromatic nitrogens is 2. The van der Waals surface area contributed by atoms with Crippen molar-refractivity contribution in [1.82, 2.24) is 9.97 Å². The largest absolute Gasteiger partial charge is 0.485 e. The number of rotatable bonds is 8. The molecule has 2 aliphatic rings. The Morgan fingerprint density at radius 3 is 1.33 bits per heavy atom. The molecule has 0 radical (unpaired) electrons. The van der Waals surface area contributed by atoms with Crippen LogP contribution in [0.3, 0.4) is 0 Å². The number of ether oxygens (including phenoxy) is 4. The van der Waals surface area contributed by atoms with Crippen LogP contribution in [0, 0.1) is 31.9 Å². The molecule has 14 heteroatoms. The van der Waals surface area contributed by atoms with Crippen molar-refractivity contribution in [3.8, 4) is 34.8 Å². The van der Waals surface area contributed by atoms with Gasteiger partial charge in [0.05, 0.1) is 9.85 Å². The van der Waals surface area contributed by atoms with Crippen molar-refractivity contribution < 1.29 is 37.6 Å². The number of hydrogen-bond acceptors (Lipinski definition) is 10. The summed E-state index contributed by atoms with van der Waals surface area (Å²) in [5.41, 5.74) is 3.72. The minimum atomic E-state index is -0.509. The maximum Gasteiger partial charge on any atom is 0.287 e. The molecule has 2 aliphatic heterocycles. The Hall–Kier alpha value is -6.96. The average molecular weight is 733 g/mol. The molecule has 0 fully saturated rings. The Morgan fingerprint density at radius 2 is 0.981 bits per heavy atom. The lowest BCUT2D eigenvalue weighted by molar-refractivity contribution is -0.385. The van der Waals surface area contributed by atoms with Crippen LogP contribution in [0.5, 0.6) is 34.8 Å². The van der Waals surface area contributed by atoms with E-state index in [4.69, 9.17) is 18.9 Å². The van der Waals surface area contributed by atoms with E-state index >= 15 is 0 Å². The summed E-state index contributed by atoms with van der Waals surface area (Å²) in [5, 5.41) is 21.3. The quantitative estimate of drug-likeness (QED) is 0.109. The third-order valence-corrected chi connectivity index (χ3v) is 8.75. The first-order valence-corrected chi connectivity index (χ1v) is 16.8. The molecule has 0 spiro atoms. The number of benzene rings is 4. The fourth-order valence-corrected chi connectivity index (χ4v) is 6.00. The minimum absolute atomic E-state index is 0.0898. The van der Waals surface area contributed by atoms with Crippen LogP contribution >= 0.6 is 0 Å². The molecule has 2 unspecified atom stereocenters. The lowest BCUT2D eigenvalue weighted by Crippen LogP contribution is -2.15. The van der Waals surface area contributed by atoms with Crippen LogP contribution in [0.2, 0.25) is 0 Å². The summed E-state index contributed by atoms with van der Waals surface area (Å²) in [7, 11) is 0. The third-order valence-electron chi connectivity index (χ3n) is 8.75. The Labute approximate surface area is 306 Å². The van der Waals surface area contributed by atoms with Crippen molar-refractivity contribution >= 4 is 11.4 Å². The first kappa shape index (κ1) is 35.4. The second-order valence-corrected chi connectivity index (χ2v) is 12.4. The number of fused-ring (bicyclic) bond motifs is 2. The van der Waals surface area contributed by atoms with Gasteiger partial charge in [-0.1, -0.05) is 24.3 Å². The summed E-state index contributed by atoms with van der Waals surface area (Å²) >= 11 is 0. The van der Waals surface area contributed by atoms with Crippen LogP contribution in [0.4, 0.5) is 20.2 Å². The summed E-state index contributed by atoms with van der Waals surface area (Å²) in [6, 6.07) is 29.2. The first-order chi connectivity index (χ1) is 26.2. The molecule has 54 heavy (non-hydrogen) atoms. The van der Waals surface area contributed by atoms with Gasteiger partial charge < -0.3 is 18.9 Å². The molecule has 0 N–H and O–H groups in total. The van der Waals surface area contributed by atoms with Gasteiger partial charge in [0.25, 0.3) is 11.4 Å². The maximum absolute atomic E-state index is 13.1. The smallest absolute Gasteiger partial charge is 0.287 e. The van der Waals surface area contributed by atoms with Gasteiger partial charge in [0, 0.05) is 24.3 Å². The fraction of sp³-hybridized carbons (Fsp3) is 0.150. The topological polar surface area (TPSA) is 149 Å². The number of hydrogen-bond donors (Lipinski definition) is 0. The van der Waals surface area contributed by atoms with E-state index in [0.29, 0.717) is 11.5 Å². The highest BCUT2D eigenvalue weighted by Crippen LogP contribution is 2.39. The van der Waals surface area contributed by atoms with Crippen molar-refractivity contribution in [3.63, 3.8) is 0 Å². The van der Waals surface area contributed by atoms with Crippen LogP contribution < -0.4 is 18.9 Å². The van der Waals surface area contributed by atoms with E-state index < -0.39 is 9.85 Å². The lowest BCUT2D eigenvalue weighted by atomic mass is 9.97. The van der Waals surface area contributed by atoms with Crippen molar-refractivity contribution in [2.45, 2.75) is 37.9 Å². The number of aryl methyl sites for hydroxylation is 2. The molecular weight excluding hydrogens is 702 g/mol. The van der Waals surface area contributed by atoms with Gasteiger partial charge in [-0.25, -0.2) is 18.7 Å². The van der Waals surface area contributed by atoms with Gasteiger partial charge in [-0.2, -0.15) is 0 Å². The number of nitrogens with zero attached hydrogens (tertiary/aromatic N) is 4. The SMILES string of the molecule is O=[N+]([O-])c1ccc(Oc2ccc3c(c2)CCC(c2ccc(F)cc2)O3)nc1.O=[N+]([O-])c1ccc(Oc2ccc3c(c2)CCC(c2ccc(F)cc2)O3)nc1. The molecule has 0 amide bonds. The Balaban J connectivity index is 0.000000167. The van der Waals surface area contributed by atoms with Crippen LogP contribution in [-0.4, -0.2) is 19.8 Å². The summed E-state index contributed by atoms with van der Waals surface area (Å²) in [4.78, 5) is 28.2. The molecule has 2 aromatic heterocycles. The second-order valence-electron chi connectivity index (χ2n) is 12.4. The van der Waals surface area contributed by atoms with E-state index in [-0.39, 0.29) is 47.0 Å². The van der Waals surface area contributed by atoms with E-state index in [2.05, 4.69) is 9.97 Å². The third kappa shape index (κ3) is 8.56. The average Bonchev–Trinajstić information content (AvgIpc) is 3.19. The van der Waals surface area contributed by atoms with Crippen molar-refractivity contribution in [1.29, 1.82) is 0 Å². The molecular formula is C40H30F2N4O8. The van der Waals surface area contributed by atoms with E-state index in [1.807, 2.05) is 24.3 Å².